The molecule has 0 aliphatic heterocycles. The molecule has 2 unspecified atom stereocenters. The molecule has 0 spiro atoms. The fourth-order valence-electron chi connectivity index (χ4n) is 2.09. The van der Waals surface area contributed by atoms with Crippen LogP contribution in [0.2, 0.25) is 0 Å². The van der Waals surface area contributed by atoms with Gasteiger partial charge in [0.2, 0.25) is 0 Å². The van der Waals surface area contributed by atoms with Gasteiger partial charge in [0.05, 0.1) is 24.7 Å². The van der Waals surface area contributed by atoms with Gasteiger partial charge >= 0.3 is 5.97 Å². The van der Waals surface area contributed by atoms with Crippen LogP contribution in [0.15, 0.2) is 24.3 Å². The Morgan fingerprint density at radius 3 is 2.43 bits per heavy atom. The van der Waals surface area contributed by atoms with E-state index in [1.54, 1.807) is 0 Å². The first-order valence-corrected chi connectivity index (χ1v) is 12.7. The summed E-state index contributed by atoms with van der Waals surface area (Å²) in [6.45, 7) is 6.87. The van der Waals surface area contributed by atoms with Crippen molar-refractivity contribution in [3.8, 4) is 5.75 Å². The second-order valence-corrected chi connectivity index (χ2v) is 11.5. The van der Waals surface area contributed by atoms with Gasteiger partial charge in [0.15, 0.2) is 0 Å². The summed E-state index contributed by atoms with van der Waals surface area (Å²) in [5.41, 5.74) is 1.09. The van der Waals surface area contributed by atoms with Gasteiger partial charge in [-0.25, -0.2) is 4.79 Å². The van der Waals surface area contributed by atoms with Crippen LogP contribution in [0, 0.1) is 14.1 Å². The number of aryl methyl sites for hydroxylation is 1. The van der Waals surface area contributed by atoms with Crippen LogP contribution in [0.25, 0.3) is 0 Å². The van der Waals surface area contributed by atoms with Gasteiger partial charge in [0.1, 0.15) is 38.2 Å². The maximum absolute atomic E-state index is 12.3. The van der Waals surface area contributed by atoms with Crippen molar-refractivity contribution >= 4 is 59.0 Å². The molecular formula is C19H28I2NO7P. The van der Waals surface area contributed by atoms with Crippen molar-refractivity contribution in [2.45, 2.75) is 20.0 Å². The molecule has 0 bridgehead atoms. The highest BCUT2D eigenvalue weighted by atomic mass is 127. The van der Waals surface area contributed by atoms with Crippen LogP contribution in [-0.2, 0) is 23.1 Å². The van der Waals surface area contributed by atoms with Gasteiger partial charge < -0.3 is 27.9 Å². The first-order chi connectivity index (χ1) is 13.7. The molecule has 0 saturated heterocycles. The first kappa shape index (κ1) is 27.8. The smallest absolute Gasteiger partial charge is 0.333 e. The number of halogens is 2. The molecule has 8 nitrogen and oxygen atoms in total. The Hall–Kier alpha value is -0.240. The number of esters is 1. The number of hydrogen-bond donors (Lipinski definition) is 0. The van der Waals surface area contributed by atoms with Gasteiger partial charge in [-0.05, 0) is 76.7 Å². The molecule has 0 amide bonds. The Labute approximate surface area is 205 Å². The molecule has 0 saturated carbocycles. The number of likely N-dealkylation sites (N-methyl/N-ethyl adjacent to an activating group) is 1. The highest BCUT2D eigenvalue weighted by Gasteiger charge is 2.23. The summed E-state index contributed by atoms with van der Waals surface area (Å²) in [5, 5.41) is 0. The quantitative estimate of drug-likeness (QED) is 0.111. The molecule has 1 aromatic rings. The molecule has 0 aromatic heterocycles. The number of phosphoric ester groups is 1. The lowest BCUT2D eigenvalue weighted by atomic mass is 10.2. The van der Waals surface area contributed by atoms with Crippen molar-refractivity contribution in [3.63, 3.8) is 0 Å². The normalized spacial score (nSPS) is 14.7. The number of quaternary nitrogens is 1. The van der Waals surface area contributed by atoms with Crippen molar-refractivity contribution in [1.82, 2.24) is 0 Å². The maximum Gasteiger partial charge on any atom is 0.333 e. The minimum absolute atomic E-state index is 0.0302. The van der Waals surface area contributed by atoms with E-state index in [1.807, 2.05) is 40.2 Å². The fourth-order valence-corrected chi connectivity index (χ4v) is 5.23. The van der Waals surface area contributed by atoms with Gasteiger partial charge in [0.25, 0.3) is 7.82 Å². The van der Waals surface area contributed by atoms with E-state index in [9.17, 15) is 14.3 Å². The van der Waals surface area contributed by atoms with Crippen molar-refractivity contribution in [2.75, 3.05) is 47.5 Å². The molecule has 0 N–H and O–H groups in total. The van der Waals surface area contributed by atoms with Gasteiger partial charge in [0, 0.05) is 9.14 Å². The molecule has 170 valence electrons. The number of ether oxygens (including phenoxy) is 2. The van der Waals surface area contributed by atoms with E-state index in [2.05, 4.69) is 51.8 Å². The molecule has 0 radical (unpaired) electrons. The summed E-state index contributed by atoms with van der Waals surface area (Å²) in [5.74, 6) is -0.0298. The predicted octanol–water partition coefficient (Wildman–Crippen LogP) is 3.28. The van der Waals surface area contributed by atoms with E-state index >= 15 is 0 Å². The van der Waals surface area contributed by atoms with Crippen LogP contribution < -0.4 is 9.63 Å². The summed E-state index contributed by atoms with van der Waals surface area (Å²) in [7, 11) is 1.12. The minimum Gasteiger partial charge on any atom is -0.756 e. The van der Waals surface area contributed by atoms with Gasteiger partial charge in [-0.3, -0.25) is 4.57 Å². The Balaban J connectivity index is 2.85. The first-order valence-electron chi connectivity index (χ1n) is 9.05. The lowest BCUT2D eigenvalue weighted by Gasteiger charge is -2.30. The van der Waals surface area contributed by atoms with Crippen molar-refractivity contribution in [3.05, 3.63) is 37.0 Å². The second kappa shape index (κ2) is 12.1. The average molecular weight is 667 g/mol. The monoisotopic (exact) mass is 667 g/mol. The van der Waals surface area contributed by atoms with Crippen molar-refractivity contribution < 1.29 is 37.3 Å². The topological polar surface area (TPSA) is 94.1 Å². The zero-order valence-corrected chi connectivity index (χ0v) is 23.0. The highest BCUT2D eigenvalue weighted by Crippen LogP contribution is 2.40. The zero-order valence-electron chi connectivity index (χ0n) is 17.8. The van der Waals surface area contributed by atoms with Crippen LogP contribution >= 0.6 is 53.0 Å². The largest absolute Gasteiger partial charge is 0.756 e. The predicted molar refractivity (Wildman–Crippen MR) is 129 cm³/mol. The lowest BCUT2D eigenvalue weighted by molar-refractivity contribution is -0.870. The Bertz CT molecular complexity index is 788. The van der Waals surface area contributed by atoms with Crippen molar-refractivity contribution in [1.29, 1.82) is 0 Å². The summed E-state index contributed by atoms with van der Waals surface area (Å²) < 4.78 is 35.7. The van der Waals surface area contributed by atoms with Crippen LogP contribution in [0.5, 0.6) is 5.75 Å². The number of rotatable bonds is 12. The standard InChI is InChI=1S/C19H28I2NO7P/c1-13(2)19(23)27-12-16(29-30(24,25)28-8-7-22(4,5)6)11-26-18-14(3)9-15(20)10-17(18)21/h9-10,16H,1,7-8,11-12H2,2-6H3. The third kappa shape index (κ3) is 10.9. The minimum atomic E-state index is -4.63. The van der Waals surface area contributed by atoms with E-state index in [4.69, 9.17) is 18.5 Å². The van der Waals surface area contributed by atoms with Gasteiger partial charge in [-0.15, -0.1) is 0 Å². The number of carbonyl (C=O) groups is 1. The third-order valence-corrected chi connectivity index (χ3v) is 6.13. The summed E-state index contributed by atoms with van der Waals surface area (Å²) >= 11 is 4.35. The van der Waals surface area contributed by atoms with E-state index in [0.29, 0.717) is 16.8 Å². The number of nitrogens with zero attached hydrogens (tertiary/aromatic N) is 1. The summed E-state index contributed by atoms with van der Waals surface area (Å²) in [4.78, 5) is 24.0. The SMILES string of the molecule is C=C(C)C(=O)OCC(COc1c(C)cc(I)cc1I)OP(=O)([O-])OCC[N+](C)(C)C. The summed E-state index contributed by atoms with van der Waals surface area (Å²) in [6.07, 6.45) is -1.07. The van der Waals surface area contributed by atoms with Crippen LogP contribution in [0.1, 0.15) is 12.5 Å². The molecule has 11 heteroatoms. The fraction of sp³-hybridized carbons (Fsp3) is 0.526. The maximum atomic E-state index is 12.3. The third-order valence-electron chi connectivity index (χ3n) is 3.65. The van der Waals surface area contributed by atoms with Gasteiger partial charge in [-0.1, -0.05) is 6.58 Å². The molecule has 30 heavy (non-hydrogen) atoms. The molecule has 0 fully saturated rings. The summed E-state index contributed by atoms with van der Waals surface area (Å²) in [6, 6.07) is 3.88. The highest BCUT2D eigenvalue weighted by molar-refractivity contribution is 14.1. The van der Waals surface area contributed by atoms with Crippen LogP contribution in [0.4, 0.5) is 0 Å². The lowest BCUT2D eigenvalue weighted by Crippen LogP contribution is -2.38. The number of phosphoric acid groups is 1. The molecule has 0 heterocycles. The van der Waals surface area contributed by atoms with Crippen LogP contribution in [-0.4, -0.2) is 64.1 Å². The number of hydrogen-bond acceptors (Lipinski definition) is 7. The molecule has 2 atom stereocenters. The molecule has 1 rings (SSSR count). The molecule has 0 aliphatic rings. The van der Waals surface area contributed by atoms with E-state index < -0.39 is 19.9 Å². The Kier molecular flexibility index (Phi) is 11.2. The Morgan fingerprint density at radius 2 is 1.90 bits per heavy atom. The average Bonchev–Trinajstić information content (AvgIpc) is 2.56. The van der Waals surface area contributed by atoms with E-state index in [1.165, 1.54) is 6.92 Å². The molecule has 0 aliphatic carbocycles. The van der Waals surface area contributed by atoms with E-state index in [0.717, 1.165) is 12.7 Å². The van der Waals surface area contributed by atoms with E-state index in [-0.39, 0.29) is 25.4 Å². The number of benzene rings is 1. The molecular weight excluding hydrogens is 639 g/mol. The van der Waals surface area contributed by atoms with Gasteiger partial charge in [-0.2, -0.15) is 0 Å². The molecule has 1 aromatic carbocycles. The second-order valence-electron chi connectivity index (χ2n) is 7.75. The Morgan fingerprint density at radius 1 is 1.27 bits per heavy atom. The van der Waals surface area contributed by atoms with Crippen molar-refractivity contribution in [2.24, 2.45) is 0 Å². The van der Waals surface area contributed by atoms with Crippen LogP contribution in [0.3, 0.4) is 0 Å². The number of carbonyl (C=O) groups excluding carboxylic acids is 1. The zero-order chi connectivity index (χ0) is 23.1.